The first-order valence-corrected chi connectivity index (χ1v) is 8.00. The Labute approximate surface area is 138 Å². The zero-order chi connectivity index (χ0) is 17.1. The summed E-state index contributed by atoms with van der Waals surface area (Å²) in [6.07, 6.45) is 4.37. The molecule has 3 rings (SSSR count). The normalized spacial score (nSPS) is 24.4. The number of carbonyl (C=O) groups is 3. The number of carboxylic acids is 1. The highest BCUT2D eigenvalue weighted by Gasteiger charge is 2.27. The molecule has 128 valence electrons. The number of carbonyl (C=O) groups excluding carboxylic acids is 2. The van der Waals surface area contributed by atoms with Gasteiger partial charge in [0.15, 0.2) is 0 Å². The number of carboxylic acid groups (broad SMARTS) is 1. The zero-order valence-corrected chi connectivity index (χ0v) is 13.1. The molecule has 2 heterocycles. The smallest absolute Gasteiger partial charge is 0.328 e. The Morgan fingerprint density at radius 2 is 2.00 bits per heavy atom. The molecule has 24 heavy (non-hydrogen) atoms. The van der Waals surface area contributed by atoms with Gasteiger partial charge in [-0.05, 0) is 31.7 Å². The molecule has 0 bridgehead atoms. The summed E-state index contributed by atoms with van der Waals surface area (Å²) in [5.74, 6) is -0.845. The lowest BCUT2D eigenvalue weighted by Crippen LogP contribution is -2.49. The minimum atomic E-state index is -0.741. The van der Waals surface area contributed by atoms with Gasteiger partial charge < -0.3 is 9.84 Å². The summed E-state index contributed by atoms with van der Waals surface area (Å²) in [5, 5.41) is 11.3. The zero-order valence-electron chi connectivity index (χ0n) is 13.1. The Bertz CT molecular complexity index is 638. The van der Waals surface area contributed by atoms with E-state index in [2.05, 4.69) is 10.3 Å². The maximum atomic E-state index is 11.8. The summed E-state index contributed by atoms with van der Waals surface area (Å²) in [5.41, 5.74) is 0.599. The van der Waals surface area contributed by atoms with Gasteiger partial charge in [0.25, 0.3) is 0 Å². The number of imide groups is 1. The highest BCUT2D eigenvalue weighted by Crippen LogP contribution is 2.28. The summed E-state index contributed by atoms with van der Waals surface area (Å²) >= 11 is 0. The lowest BCUT2D eigenvalue weighted by atomic mass is 9.87. The second-order valence-corrected chi connectivity index (χ2v) is 6.04. The van der Waals surface area contributed by atoms with Crippen LogP contribution in [0.15, 0.2) is 18.3 Å². The molecule has 0 unspecified atom stereocenters. The number of hydrogen-bond acceptors (Lipinski definition) is 5. The topological polar surface area (TPSA) is 109 Å². The molecule has 1 saturated heterocycles. The maximum Gasteiger partial charge on any atom is 0.328 e. The molecule has 0 radical (unpaired) electrons. The first kappa shape index (κ1) is 16.2. The fourth-order valence-electron chi connectivity index (χ4n) is 3.01. The summed E-state index contributed by atoms with van der Waals surface area (Å²) in [6, 6.07) is 2.96. The van der Waals surface area contributed by atoms with E-state index < -0.39 is 12.0 Å². The van der Waals surface area contributed by atoms with Crippen molar-refractivity contribution in [3.8, 4) is 5.88 Å². The summed E-state index contributed by atoms with van der Waals surface area (Å²) < 4.78 is 5.79. The third-order valence-corrected chi connectivity index (χ3v) is 4.40. The third kappa shape index (κ3) is 3.64. The monoisotopic (exact) mass is 333 g/mol. The van der Waals surface area contributed by atoms with Crippen LogP contribution in [0.5, 0.6) is 5.88 Å². The van der Waals surface area contributed by atoms with Crippen molar-refractivity contribution < 1.29 is 24.2 Å². The molecular formula is C16H19N3O5. The van der Waals surface area contributed by atoms with Crippen LogP contribution in [-0.2, 0) is 9.59 Å². The lowest BCUT2D eigenvalue weighted by Gasteiger charge is -2.27. The second-order valence-electron chi connectivity index (χ2n) is 6.04. The first-order chi connectivity index (χ1) is 11.5. The number of ether oxygens (including phenoxy) is 1. The SMILES string of the molecule is O=C1CCN(c2ccc(OC3CCC(C(=O)O)CC3)nc2)C(=O)N1. The first-order valence-electron chi connectivity index (χ1n) is 8.00. The van der Waals surface area contributed by atoms with E-state index in [4.69, 9.17) is 9.84 Å². The van der Waals surface area contributed by atoms with E-state index in [1.165, 1.54) is 11.1 Å². The summed E-state index contributed by atoms with van der Waals surface area (Å²) in [7, 11) is 0. The molecule has 1 aromatic heterocycles. The number of aliphatic carboxylic acids is 1. The van der Waals surface area contributed by atoms with Crippen LogP contribution in [0, 0.1) is 5.92 Å². The van der Waals surface area contributed by atoms with Crippen LogP contribution in [0.1, 0.15) is 32.1 Å². The number of rotatable bonds is 4. The van der Waals surface area contributed by atoms with Gasteiger partial charge in [-0.1, -0.05) is 0 Å². The van der Waals surface area contributed by atoms with Crippen LogP contribution in [0.25, 0.3) is 0 Å². The molecule has 2 aliphatic rings. The van der Waals surface area contributed by atoms with Crippen molar-refractivity contribution in [3.05, 3.63) is 18.3 Å². The van der Waals surface area contributed by atoms with Gasteiger partial charge >= 0.3 is 12.0 Å². The number of amides is 3. The van der Waals surface area contributed by atoms with E-state index in [1.807, 2.05) is 0 Å². The molecule has 1 aromatic rings. The van der Waals surface area contributed by atoms with Crippen LogP contribution in [0.2, 0.25) is 0 Å². The number of hydrogen-bond donors (Lipinski definition) is 2. The molecule has 2 fully saturated rings. The van der Waals surface area contributed by atoms with Crippen molar-refractivity contribution >= 4 is 23.6 Å². The fraction of sp³-hybridized carbons (Fsp3) is 0.500. The largest absolute Gasteiger partial charge is 0.481 e. The molecule has 1 saturated carbocycles. The third-order valence-electron chi connectivity index (χ3n) is 4.40. The number of aromatic nitrogens is 1. The van der Waals surface area contributed by atoms with Gasteiger partial charge in [0, 0.05) is 19.0 Å². The van der Waals surface area contributed by atoms with Crippen molar-refractivity contribution in [2.45, 2.75) is 38.2 Å². The van der Waals surface area contributed by atoms with Crippen LogP contribution in [0.4, 0.5) is 10.5 Å². The van der Waals surface area contributed by atoms with Gasteiger partial charge in [-0.15, -0.1) is 0 Å². The summed E-state index contributed by atoms with van der Waals surface area (Å²) in [4.78, 5) is 39.5. The molecule has 8 nitrogen and oxygen atoms in total. The molecule has 1 aliphatic heterocycles. The van der Waals surface area contributed by atoms with Gasteiger partial charge in [-0.2, -0.15) is 0 Å². The van der Waals surface area contributed by atoms with Gasteiger partial charge in [-0.25, -0.2) is 9.78 Å². The van der Waals surface area contributed by atoms with E-state index in [0.29, 0.717) is 43.8 Å². The molecule has 3 amide bonds. The minimum Gasteiger partial charge on any atom is -0.481 e. The van der Waals surface area contributed by atoms with E-state index in [9.17, 15) is 14.4 Å². The molecule has 1 aliphatic carbocycles. The van der Waals surface area contributed by atoms with E-state index in [-0.39, 0.29) is 24.3 Å². The molecule has 2 N–H and O–H groups in total. The van der Waals surface area contributed by atoms with Gasteiger partial charge in [0.1, 0.15) is 6.10 Å². The maximum absolute atomic E-state index is 11.8. The van der Waals surface area contributed by atoms with Crippen LogP contribution in [-0.4, -0.2) is 40.6 Å². The van der Waals surface area contributed by atoms with Gasteiger partial charge in [0.2, 0.25) is 11.8 Å². The number of anilines is 1. The summed E-state index contributed by atoms with van der Waals surface area (Å²) in [6.45, 7) is 0.325. The average molecular weight is 333 g/mol. The standard InChI is InChI=1S/C16H19N3O5/c20-13-7-8-19(16(23)18-13)11-3-6-14(17-9-11)24-12-4-1-10(2-5-12)15(21)22/h3,6,9-10,12H,1-2,4-5,7-8H2,(H,21,22)(H,18,20,23). The number of urea groups is 1. The van der Waals surface area contributed by atoms with Crippen LogP contribution >= 0.6 is 0 Å². The van der Waals surface area contributed by atoms with E-state index in [1.54, 1.807) is 12.1 Å². The molecule has 0 spiro atoms. The lowest BCUT2D eigenvalue weighted by molar-refractivity contribution is -0.143. The van der Waals surface area contributed by atoms with Gasteiger partial charge in [-0.3, -0.25) is 19.8 Å². The van der Waals surface area contributed by atoms with Gasteiger partial charge in [0.05, 0.1) is 17.8 Å². The van der Waals surface area contributed by atoms with E-state index in [0.717, 1.165) is 0 Å². The Hall–Kier alpha value is -2.64. The second kappa shape index (κ2) is 6.86. The van der Waals surface area contributed by atoms with Crippen molar-refractivity contribution in [1.82, 2.24) is 10.3 Å². The van der Waals surface area contributed by atoms with Crippen molar-refractivity contribution in [3.63, 3.8) is 0 Å². The minimum absolute atomic E-state index is 0.0325. The number of nitrogens with zero attached hydrogens (tertiary/aromatic N) is 2. The molecule has 0 aromatic carbocycles. The Balaban J connectivity index is 1.56. The quantitative estimate of drug-likeness (QED) is 0.865. The highest BCUT2D eigenvalue weighted by molar-refractivity contribution is 6.05. The van der Waals surface area contributed by atoms with Crippen molar-refractivity contribution in [2.75, 3.05) is 11.4 Å². The Kier molecular flexibility index (Phi) is 4.64. The van der Waals surface area contributed by atoms with E-state index >= 15 is 0 Å². The van der Waals surface area contributed by atoms with Crippen LogP contribution in [0.3, 0.4) is 0 Å². The Morgan fingerprint density at radius 3 is 2.58 bits per heavy atom. The number of nitrogens with one attached hydrogen (secondary N) is 1. The average Bonchev–Trinajstić information content (AvgIpc) is 2.56. The highest BCUT2D eigenvalue weighted by atomic mass is 16.5. The molecule has 0 atom stereocenters. The van der Waals surface area contributed by atoms with Crippen molar-refractivity contribution in [2.24, 2.45) is 5.92 Å². The predicted octanol–water partition coefficient (Wildman–Crippen LogP) is 1.55. The Morgan fingerprint density at radius 1 is 1.25 bits per heavy atom. The number of pyridine rings is 1. The molecular weight excluding hydrogens is 314 g/mol. The van der Waals surface area contributed by atoms with Crippen LogP contribution < -0.4 is 15.0 Å². The fourth-order valence-corrected chi connectivity index (χ4v) is 3.01. The molecule has 8 heteroatoms. The predicted molar refractivity (Wildman–Crippen MR) is 83.7 cm³/mol. The van der Waals surface area contributed by atoms with Crippen molar-refractivity contribution in [1.29, 1.82) is 0 Å².